The summed E-state index contributed by atoms with van der Waals surface area (Å²) in [6.07, 6.45) is 0.830. The Kier molecular flexibility index (Phi) is 11.6. The van der Waals surface area contributed by atoms with Crippen molar-refractivity contribution in [3.8, 4) is 0 Å². The molecule has 2 amide bonds. The molecule has 2 aromatic rings. The predicted molar refractivity (Wildman–Crippen MR) is 155 cm³/mol. The maximum atomic E-state index is 13.5. The summed E-state index contributed by atoms with van der Waals surface area (Å²) in [7, 11) is -1.09. The Labute approximate surface area is 240 Å². The molecule has 0 aromatic heterocycles. The molecule has 2 atom stereocenters. The van der Waals surface area contributed by atoms with Crippen LogP contribution in [-0.2, 0) is 37.5 Å². The second-order valence-corrected chi connectivity index (χ2v) is 10.9. The van der Waals surface area contributed by atoms with Gasteiger partial charge in [-0.1, -0.05) is 30.3 Å². The zero-order valence-electron chi connectivity index (χ0n) is 23.8. The molecule has 0 spiro atoms. The lowest BCUT2D eigenvalue weighted by Crippen LogP contribution is -2.49. The van der Waals surface area contributed by atoms with Gasteiger partial charge in [0.15, 0.2) is 5.78 Å². The second kappa shape index (κ2) is 14.7. The molecule has 0 aliphatic carbocycles. The van der Waals surface area contributed by atoms with E-state index in [4.69, 9.17) is 21.9 Å². The first kappa shape index (κ1) is 32.4. The molecule has 0 saturated carbocycles. The second-order valence-electron chi connectivity index (χ2n) is 10.9. The van der Waals surface area contributed by atoms with Crippen LogP contribution in [0.25, 0.3) is 0 Å². The van der Waals surface area contributed by atoms with Crippen molar-refractivity contribution in [2.24, 2.45) is 17.2 Å². The SMILES string of the molecule is CC1(C)OB(O)c2cc(CC(=O)[C@@H](CCc3ccc(F)cc3)NC(=O)[C@@H](N)CCC(=O)N(CCN)CCN)ccc21. The third-order valence-electron chi connectivity index (χ3n) is 7.31. The summed E-state index contributed by atoms with van der Waals surface area (Å²) in [5.74, 6) is -1.34. The van der Waals surface area contributed by atoms with E-state index in [2.05, 4.69) is 5.32 Å². The maximum absolute atomic E-state index is 13.5. The highest BCUT2D eigenvalue weighted by molar-refractivity contribution is 6.62. The first-order chi connectivity index (χ1) is 19.4. The van der Waals surface area contributed by atoms with Crippen molar-refractivity contribution >= 4 is 30.2 Å². The first-order valence-corrected chi connectivity index (χ1v) is 14.0. The molecular weight excluding hydrogens is 528 g/mol. The summed E-state index contributed by atoms with van der Waals surface area (Å²) in [5, 5.41) is 13.1. The number of rotatable bonds is 15. The number of hydrogen-bond donors (Lipinski definition) is 5. The van der Waals surface area contributed by atoms with Crippen LogP contribution in [0.2, 0.25) is 0 Å². The van der Waals surface area contributed by atoms with Gasteiger partial charge in [-0.05, 0) is 67.4 Å². The predicted octanol–water partition coefficient (Wildman–Crippen LogP) is -0.139. The molecule has 12 heteroatoms. The number of hydrogen-bond acceptors (Lipinski definition) is 8. The Bertz CT molecular complexity index is 1210. The summed E-state index contributed by atoms with van der Waals surface area (Å²) in [4.78, 5) is 40.5. The number of benzene rings is 2. The van der Waals surface area contributed by atoms with Gasteiger partial charge < -0.3 is 37.1 Å². The van der Waals surface area contributed by atoms with E-state index in [-0.39, 0.29) is 43.2 Å². The Hall–Kier alpha value is -3.16. The van der Waals surface area contributed by atoms with Crippen LogP contribution in [-0.4, -0.2) is 72.9 Å². The van der Waals surface area contributed by atoms with Crippen LogP contribution in [0.5, 0.6) is 0 Å². The van der Waals surface area contributed by atoms with E-state index in [1.807, 2.05) is 26.0 Å². The van der Waals surface area contributed by atoms with Gasteiger partial charge in [-0.3, -0.25) is 14.4 Å². The summed E-state index contributed by atoms with van der Waals surface area (Å²) >= 11 is 0. The minimum absolute atomic E-state index is 0.00958. The van der Waals surface area contributed by atoms with E-state index in [1.165, 1.54) is 12.1 Å². The van der Waals surface area contributed by atoms with Crippen molar-refractivity contribution in [3.05, 3.63) is 65.0 Å². The summed E-state index contributed by atoms with van der Waals surface area (Å²) in [6, 6.07) is 9.47. The quantitative estimate of drug-likeness (QED) is 0.184. The highest BCUT2D eigenvalue weighted by Gasteiger charge is 2.40. The molecule has 8 N–H and O–H groups in total. The molecule has 41 heavy (non-hydrogen) atoms. The maximum Gasteiger partial charge on any atom is 0.492 e. The number of nitrogens with zero attached hydrogens (tertiary/aromatic N) is 1. The zero-order chi connectivity index (χ0) is 30.2. The topological polar surface area (TPSA) is 174 Å². The molecule has 3 rings (SSSR count). The molecule has 1 aliphatic heterocycles. The highest BCUT2D eigenvalue weighted by atomic mass is 19.1. The lowest BCUT2D eigenvalue weighted by atomic mass is 9.77. The van der Waals surface area contributed by atoms with Crippen LogP contribution < -0.4 is 28.0 Å². The van der Waals surface area contributed by atoms with E-state index < -0.39 is 30.7 Å². The molecule has 222 valence electrons. The van der Waals surface area contributed by atoms with Crippen molar-refractivity contribution in [2.45, 2.75) is 63.6 Å². The molecule has 0 saturated heterocycles. The van der Waals surface area contributed by atoms with Crippen molar-refractivity contribution < 1.29 is 28.5 Å². The minimum atomic E-state index is -1.09. The van der Waals surface area contributed by atoms with Gasteiger partial charge in [-0.25, -0.2) is 4.39 Å². The van der Waals surface area contributed by atoms with Crippen molar-refractivity contribution in [3.63, 3.8) is 0 Å². The fraction of sp³-hybridized carbons (Fsp3) is 0.483. The van der Waals surface area contributed by atoms with Crippen LogP contribution in [0.1, 0.15) is 49.8 Å². The monoisotopic (exact) mass is 569 g/mol. The standard InChI is InChI=1S/C29H41BFN5O5/c1-29(2)22-9-5-20(17-23(22)30(40)41-29)18-26(37)25(11-6-19-3-7-21(31)8-4-19)35-28(39)24(34)10-12-27(38)36(15-13-32)16-14-33/h3-5,7-9,17,24-25,40H,6,10-16,18,32-34H2,1-2H3,(H,35,39)/t24-,25+/m0/s1. The Morgan fingerprint density at radius 2 is 1.68 bits per heavy atom. The van der Waals surface area contributed by atoms with Gasteiger partial charge in [-0.15, -0.1) is 0 Å². The molecule has 2 aromatic carbocycles. The van der Waals surface area contributed by atoms with Gasteiger partial charge in [0.1, 0.15) is 5.82 Å². The third-order valence-corrected chi connectivity index (χ3v) is 7.31. The van der Waals surface area contributed by atoms with Crippen molar-refractivity contribution in [1.29, 1.82) is 0 Å². The number of Topliss-reactive ketones (excluding diaryl/α,β-unsaturated/α-hetero) is 1. The average Bonchev–Trinajstić information content (AvgIpc) is 3.16. The number of nitrogens with two attached hydrogens (primary N) is 3. The number of nitrogens with one attached hydrogen (secondary N) is 1. The lowest BCUT2D eigenvalue weighted by molar-refractivity contribution is -0.132. The molecule has 1 heterocycles. The number of amides is 2. The molecular formula is C29H41BFN5O5. The molecule has 0 fully saturated rings. The lowest BCUT2D eigenvalue weighted by Gasteiger charge is -2.23. The van der Waals surface area contributed by atoms with Crippen LogP contribution in [0.4, 0.5) is 4.39 Å². The number of carbonyl (C=O) groups is 3. The summed E-state index contributed by atoms with van der Waals surface area (Å²) in [5.41, 5.74) is 19.5. The van der Waals surface area contributed by atoms with E-state index in [1.54, 1.807) is 23.1 Å². The van der Waals surface area contributed by atoms with Gasteiger partial charge in [0.05, 0.1) is 17.7 Å². The van der Waals surface area contributed by atoms with Crippen LogP contribution in [0, 0.1) is 5.82 Å². The molecule has 1 aliphatic rings. The van der Waals surface area contributed by atoms with E-state index in [0.29, 0.717) is 43.6 Å². The molecule has 0 radical (unpaired) electrons. The summed E-state index contributed by atoms with van der Waals surface area (Å²) < 4.78 is 19.0. The van der Waals surface area contributed by atoms with Gasteiger partial charge >= 0.3 is 7.12 Å². The minimum Gasteiger partial charge on any atom is -0.423 e. The van der Waals surface area contributed by atoms with Gasteiger partial charge in [0.25, 0.3) is 0 Å². The molecule has 10 nitrogen and oxygen atoms in total. The number of fused-ring (bicyclic) bond motifs is 1. The highest BCUT2D eigenvalue weighted by Crippen LogP contribution is 2.30. The fourth-order valence-corrected chi connectivity index (χ4v) is 5.00. The molecule has 0 bridgehead atoms. The van der Waals surface area contributed by atoms with Crippen LogP contribution >= 0.6 is 0 Å². The number of carbonyl (C=O) groups excluding carboxylic acids is 3. The van der Waals surface area contributed by atoms with Gasteiger partial charge in [0.2, 0.25) is 11.8 Å². The third kappa shape index (κ3) is 8.91. The van der Waals surface area contributed by atoms with E-state index in [0.717, 1.165) is 11.1 Å². The van der Waals surface area contributed by atoms with Gasteiger partial charge in [0, 0.05) is 39.0 Å². The first-order valence-electron chi connectivity index (χ1n) is 14.0. The van der Waals surface area contributed by atoms with E-state index in [9.17, 15) is 23.8 Å². The molecule has 0 unspecified atom stereocenters. The Morgan fingerprint density at radius 1 is 1.05 bits per heavy atom. The summed E-state index contributed by atoms with van der Waals surface area (Å²) in [6.45, 7) is 5.03. The number of ketones is 1. The smallest absolute Gasteiger partial charge is 0.423 e. The fourth-order valence-electron chi connectivity index (χ4n) is 5.00. The van der Waals surface area contributed by atoms with Crippen LogP contribution in [0.15, 0.2) is 42.5 Å². The van der Waals surface area contributed by atoms with Crippen molar-refractivity contribution in [1.82, 2.24) is 10.2 Å². The number of halogens is 1. The average molecular weight is 569 g/mol. The Balaban J connectivity index is 1.69. The largest absolute Gasteiger partial charge is 0.492 e. The van der Waals surface area contributed by atoms with Crippen LogP contribution in [0.3, 0.4) is 0 Å². The Morgan fingerprint density at radius 3 is 2.32 bits per heavy atom. The zero-order valence-corrected chi connectivity index (χ0v) is 23.8. The normalized spacial score (nSPS) is 15.2. The van der Waals surface area contributed by atoms with Crippen molar-refractivity contribution in [2.75, 3.05) is 26.2 Å². The van der Waals surface area contributed by atoms with E-state index >= 15 is 0 Å². The number of aryl methyl sites for hydroxylation is 1. The van der Waals surface area contributed by atoms with Gasteiger partial charge in [-0.2, -0.15) is 0 Å².